The number of fused-ring (bicyclic) bond motifs is 13. The van der Waals surface area contributed by atoms with Crippen LogP contribution in [-0.4, -0.2) is 9.97 Å². The molecule has 0 spiro atoms. The third-order valence-corrected chi connectivity index (χ3v) is 20.9. The van der Waals surface area contributed by atoms with E-state index in [0.717, 1.165) is 133 Å². The summed E-state index contributed by atoms with van der Waals surface area (Å²) in [5.41, 5.74) is 21.9. The van der Waals surface area contributed by atoms with Gasteiger partial charge in [-0.3, -0.25) is 4.98 Å². The second-order valence-corrected chi connectivity index (χ2v) is 26.0. The Kier molecular flexibility index (Phi) is 12.5. The van der Waals surface area contributed by atoms with Gasteiger partial charge in [-0.2, -0.15) is 0 Å². The number of benzene rings is 13. The molecule has 8 heteroatoms. The minimum absolute atomic E-state index is 0.819. The first-order valence-corrected chi connectivity index (χ1v) is 33.2. The zero-order valence-electron chi connectivity index (χ0n) is 50.4. The number of hydrogen-bond donors (Lipinski definition) is 0. The molecule has 6 nitrogen and oxygen atoms in total. The molecule has 0 aliphatic rings. The van der Waals surface area contributed by atoms with Crippen LogP contribution >= 0.6 is 22.7 Å². The van der Waals surface area contributed by atoms with Crippen molar-refractivity contribution >= 4 is 152 Å². The van der Waals surface area contributed by atoms with Crippen molar-refractivity contribution in [2.24, 2.45) is 0 Å². The number of pyridine rings is 2. The van der Waals surface area contributed by atoms with Crippen LogP contribution in [-0.2, 0) is 0 Å². The third-order valence-electron chi connectivity index (χ3n) is 18.6. The fraction of sp³-hybridized carbons (Fsp3) is 0. The Hall–Kier alpha value is -11.9. The second-order valence-electron chi connectivity index (χ2n) is 24.0. The van der Waals surface area contributed by atoms with Gasteiger partial charge in [-0.25, -0.2) is 4.98 Å². The lowest BCUT2D eigenvalue weighted by molar-refractivity contribution is 0.668. The molecule has 0 saturated heterocycles. The molecule has 94 heavy (non-hydrogen) atoms. The maximum absolute atomic E-state index is 7.03. The van der Waals surface area contributed by atoms with Crippen molar-refractivity contribution in [2.75, 3.05) is 9.80 Å². The first-order chi connectivity index (χ1) is 46.6. The summed E-state index contributed by atoms with van der Waals surface area (Å²) in [4.78, 5) is 15.5. The van der Waals surface area contributed by atoms with E-state index in [2.05, 4.69) is 301 Å². The topological polar surface area (TPSA) is 58.5 Å². The molecule has 0 atom stereocenters. The Morgan fingerprint density at radius 1 is 0.287 bits per heavy atom. The minimum Gasteiger partial charge on any atom is -0.456 e. The third kappa shape index (κ3) is 8.90. The summed E-state index contributed by atoms with van der Waals surface area (Å²) in [6.07, 6.45) is 3.94. The van der Waals surface area contributed by atoms with E-state index in [-0.39, 0.29) is 0 Å². The molecule has 0 fully saturated rings. The lowest BCUT2D eigenvalue weighted by Crippen LogP contribution is -2.10. The number of nitrogens with zero attached hydrogens (tertiary/aromatic N) is 4. The molecule has 19 aromatic rings. The average Bonchev–Trinajstić information content (AvgIpc) is 1.47. The summed E-state index contributed by atoms with van der Waals surface area (Å²) in [6, 6.07) is 109. The van der Waals surface area contributed by atoms with E-state index in [1.165, 1.54) is 52.2 Å². The van der Waals surface area contributed by atoms with Gasteiger partial charge in [0.15, 0.2) is 5.58 Å². The highest BCUT2D eigenvalue weighted by molar-refractivity contribution is 7.26. The Bertz CT molecular complexity index is 6170. The second kappa shape index (κ2) is 21.9. The molecule has 13 aromatic carbocycles. The number of para-hydroxylation sites is 2. The van der Waals surface area contributed by atoms with Crippen molar-refractivity contribution in [3.05, 3.63) is 316 Å². The summed E-state index contributed by atoms with van der Waals surface area (Å²) in [5, 5.41) is 10.2. The molecule has 0 aliphatic heterocycles. The molecule has 0 aliphatic carbocycles. The Labute approximate surface area is 548 Å². The van der Waals surface area contributed by atoms with Gasteiger partial charge < -0.3 is 18.6 Å². The van der Waals surface area contributed by atoms with Crippen LogP contribution < -0.4 is 9.80 Å². The van der Waals surface area contributed by atoms with E-state index < -0.39 is 0 Å². The molecule has 6 aromatic heterocycles. The average molecular weight is 1240 g/mol. The van der Waals surface area contributed by atoms with Crippen LogP contribution in [0.2, 0.25) is 0 Å². The fourth-order valence-electron chi connectivity index (χ4n) is 14.1. The van der Waals surface area contributed by atoms with E-state index in [9.17, 15) is 0 Å². The van der Waals surface area contributed by atoms with Gasteiger partial charge in [0, 0.05) is 88.0 Å². The van der Waals surface area contributed by atoms with Crippen molar-refractivity contribution in [1.82, 2.24) is 9.97 Å². The minimum atomic E-state index is 0.819. The standard InChI is InChI=1S/C86H52N4O2S2/c1-2-14-53(15-3-1)54-28-37-62(38-29-54)90(63-43-34-57(35-44-63)66-48-49-87-83-72-20-8-11-27-81(72)93-85(66)83)76-23-12-21-70-73-50-58(36-47-78(73)92-84(70)76)65-46-45-64(67-16-4-5-17-68(65)67)56-32-41-61(42-33-56)89(75-22-13-25-79-82(75)71-19-6-9-24-77(71)91-79)60-39-30-55(31-40-60)59-51-74-69-18-7-10-26-80(69)94-86(74)88-52-59/h1-52H. The Balaban J connectivity index is 0.678. The van der Waals surface area contributed by atoms with Gasteiger partial charge in [-0.15, -0.1) is 22.7 Å². The van der Waals surface area contributed by atoms with Gasteiger partial charge in [0.05, 0.1) is 27.0 Å². The fourth-order valence-corrected chi connectivity index (χ4v) is 16.4. The smallest absolute Gasteiger partial charge is 0.159 e. The highest BCUT2D eigenvalue weighted by Gasteiger charge is 2.24. The number of aromatic nitrogens is 2. The predicted octanol–water partition coefficient (Wildman–Crippen LogP) is 25.4. The van der Waals surface area contributed by atoms with E-state index in [1.807, 2.05) is 24.5 Å². The highest BCUT2D eigenvalue weighted by Crippen LogP contribution is 2.48. The lowest BCUT2D eigenvalue weighted by Gasteiger charge is -2.26. The Morgan fingerprint density at radius 2 is 0.787 bits per heavy atom. The van der Waals surface area contributed by atoms with Crippen LogP contribution in [0, 0.1) is 0 Å². The first kappa shape index (κ1) is 53.9. The van der Waals surface area contributed by atoms with E-state index in [1.54, 1.807) is 22.7 Å². The van der Waals surface area contributed by atoms with Crippen molar-refractivity contribution in [3.8, 4) is 55.6 Å². The maximum atomic E-state index is 7.03. The molecule has 0 bridgehead atoms. The predicted molar refractivity (Wildman–Crippen MR) is 396 cm³/mol. The number of hydrogen-bond acceptors (Lipinski definition) is 8. The van der Waals surface area contributed by atoms with E-state index >= 15 is 0 Å². The van der Waals surface area contributed by atoms with Gasteiger partial charge in [-0.05, 0) is 164 Å². The molecule has 6 heterocycles. The molecule has 440 valence electrons. The van der Waals surface area contributed by atoms with Crippen LogP contribution in [0.15, 0.2) is 325 Å². The summed E-state index contributed by atoms with van der Waals surface area (Å²) in [6.45, 7) is 0. The van der Waals surface area contributed by atoms with E-state index in [4.69, 9.17) is 18.8 Å². The summed E-state index contributed by atoms with van der Waals surface area (Å²) < 4.78 is 17.2. The molecule has 19 rings (SSSR count). The number of anilines is 6. The van der Waals surface area contributed by atoms with Crippen LogP contribution in [0.1, 0.15) is 0 Å². The maximum Gasteiger partial charge on any atom is 0.159 e. The summed E-state index contributed by atoms with van der Waals surface area (Å²) >= 11 is 3.54. The molecular formula is C86H52N4O2S2. The Morgan fingerprint density at radius 3 is 1.50 bits per heavy atom. The van der Waals surface area contributed by atoms with Gasteiger partial charge in [-0.1, -0.05) is 194 Å². The first-order valence-electron chi connectivity index (χ1n) is 31.6. The largest absolute Gasteiger partial charge is 0.456 e. The monoisotopic (exact) mass is 1240 g/mol. The summed E-state index contributed by atoms with van der Waals surface area (Å²) in [5.74, 6) is 0. The van der Waals surface area contributed by atoms with E-state index in [0.29, 0.717) is 0 Å². The van der Waals surface area contributed by atoms with Crippen LogP contribution in [0.5, 0.6) is 0 Å². The molecule has 0 N–H and O–H groups in total. The molecule has 0 radical (unpaired) electrons. The van der Waals surface area contributed by atoms with Crippen molar-refractivity contribution in [3.63, 3.8) is 0 Å². The number of furan rings is 2. The molecule has 0 saturated carbocycles. The molecule has 0 unspecified atom stereocenters. The molecule has 0 amide bonds. The highest BCUT2D eigenvalue weighted by atomic mass is 32.1. The SMILES string of the molecule is c1ccc(-c2ccc(N(c3ccc(-c4ccnc5c4sc4ccccc45)cc3)c3cccc4c3oc3ccc(-c5ccc(-c6ccc(N(c7ccc(-c8cnc9sc%10ccccc%10c9c8)cc7)c7cccc8oc9ccccc9c78)cc6)c6ccccc56)cc34)cc2)cc1. The normalized spacial score (nSPS) is 11.8. The van der Waals surface area contributed by atoms with Gasteiger partial charge >= 0.3 is 0 Å². The zero-order chi connectivity index (χ0) is 61.8. The zero-order valence-corrected chi connectivity index (χ0v) is 52.1. The van der Waals surface area contributed by atoms with Crippen molar-refractivity contribution in [1.29, 1.82) is 0 Å². The van der Waals surface area contributed by atoms with Gasteiger partial charge in [0.2, 0.25) is 0 Å². The van der Waals surface area contributed by atoms with Crippen LogP contribution in [0.25, 0.3) is 151 Å². The van der Waals surface area contributed by atoms with Crippen molar-refractivity contribution < 1.29 is 8.83 Å². The van der Waals surface area contributed by atoms with Gasteiger partial charge in [0.1, 0.15) is 21.6 Å². The quantitative estimate of drug-likeness (QED) is 0.129. The summed E-state index contributed by atoms with van der Waals surface area (Å²) in [7, 11) is 0. The van der Waals surface area contributed by atoms with Crippen molar-refractivity contribution in [2.45, 2.75) is 0 Å². The number of rotatable bonds is 11. The van der Waals surface area contributed by atoms with Crippen LogP contribution in [0.4, 0.5) is 34.1 Å². The number of thiophene rings is 2. The lowest BCUT2D eigenvalue weighted by atomic mass is 9.91. The van der Waals surface area contributed by atoms with Gasteiger partial charge in [0.25, 0.3) is 0 Å². The van der Waals surface area contributed by atoms with Crippen LogP contribution in [0.3, 0.4) is 0 Å². The molecular weight excluding hydrogens is 1190 g/mol.